The number of nitro groups is 1. The minimum Gasteiger partial charge on any atom is -0.399 e. The Morgan fingerprint density at radius 1 is 0.828 bits per heavy atom. The number of rotatable bonds is 3. The maximum atomic E-state index is 10.6. The normalized spacial score (nSPS) is 15.6. The molecule has 6 heteroatoms. The third kappa shape index (κ3) is 3.97. The summed E-state index contributed by atoms with van der Waals surface area (Å²) in [5.74, 6) is 1.44. The SMILES string of the molecule is C.Nc1ccc2[nH]c(C3CC3)cc2c1.O=[N+]([O-])c1ccc2[nH]c(C3CC3)cc2c1. The predicted octanol–water partition coefficient (Wildman–Crippen LogP) is 6.22. The number of aromatic nitrogens is 2. The first-order valence-corrected chi connectivity index (χ1v) is 9.72. The average molecular weight is 390 g/mol. The van der Waals surface area contributed by atoms with Crippen molar-refractivity contribution < 1.29 is 4.92 Å². The first-order chi connectivity index (χ1) is 13.6. The molecule has 0 amide bonds. The highest BCUT2D eigenvalue weighted by molar-refractivity contribution is 5.84. The molecule has 4 aromatic rings. The zero-order chi connectivity index (χ0) is 19.3. The summed E-state index contributed by atoms with van der Waals surface area (Å²) in [5.41, 5.74) is 11.5. The van der Waals surface area contributed by atoms with Crippen molar-refractivity contribution in [3.63, 3.8) is 0 Å². The number of nitrogens with two attached hydrogens (primary N) is 1. The van der Waals surface area contributed by atoms with Crippen LogP contribution >= 0.6 is 0 Å². The van der Waals surface area contributed by atoms with Crippen LogP contribution in [0.15, 0.2) is 48.5 Å². The standard InChI is InChI=1S/C11H10N2O2.C11H12N2.CH4/c14-13(15)9-3-4-10-8(5-9)6-11(12-10)7-1-2-7;12-9-3-4-10-8(5-9)6-11(13-10)7-1-2-7;/h3-7,12H,1-2H2;3-7,13H,1-2,12H2;1H4. The van der Waals surface area contributed by atoms with Gasteiger partial charge in [-0.05, 0) is 73.9 Å². The molecule has 2 heterocycles. The maximum Gasteiger partial charge on any atom is 0.270 e. The average Bonchev–Trinajstić information content (AvgIpc) is 3.61. The van der Waals surface area contributed by atoms with Gasteiger partial charge in [0.2, 0.25) is 0 Å². The lowest BCUT2D eigenvalue weighted by molar-refractivity contribution is -0.384. The van der Waals surface area contributed by atoms with E-state index in [1.807, 2.05) is 18.2 Å². The van der Waals surface area contributed by atoms with Crippen LogP contribution in [0.4, 0.5) is 11.4 Å². The summed E-state index contributed by atoms with van der Waals surface area (Å²) in [6, 6.07) is 15.2. The van der Waals surface area contributed by atoms with Crippen LogP contribution in [0.3, 0.4) is 0 Å². The number of aromatic amines is 2. The molecule has 2 aliphatic rings. The van der Waals surface area contributed by atoms with Gasteiger partial charge in [0.25, 0.3) is 5.69 Å². The van der Waals surface area contributed by atoms with Gasteiger partial charge in [0.15, 0.2) is 0 Å². The van der Waals surface area contributed by atoms with E-state index in [9.17, 15) is 10.1 Å². The van der Waals surface area contributed by atoms with Crippen molar-refractivity contribution in [2.24, 2.45) is 0 Å². The van der Waals surface area contributed by atoms with Gasteiger partial charge in [0.05, 0.1) is 4.92 Å². The van der Waals surface area contributed by atoms with Crippen LogP contribution in [0.25, 0.3) is 21.8 Å². The number of non-ortho nitro benzene ring substituents is 1. The quantitative estimate of drug-likeness (QED) is 0.220. The Balaban J connectivity index is 0.000000138. The zero-order valence-corrected chi connectivity index (χ0v) is 15.4. The van der Waals surface area contributed by atoms with Crippen LogP contribution in [-0.4, -0.2) is 14.9 Å². The van der Waals surface area contributed by atoms with E-state index in [1.54, 1.807) is 12.1 Å². The van der Waals surface area contributed by atoms with Gasteiger partial charge in [-0.1, -0.05) is 7.43 Å². The molecule has 2 saturated carbocycles. The van der Waals surface area contributed by atoms with E-state index in [0.717, 1.165) is 22.5 Å². The van der Waals surface area contributed by atoms with Crippen molar-refractivity contribution in [2.45, 2.75) is 44.9 Å². The van der Waals surface area contributed by atoms with E-state index in [4.69, 9.17) is 5.73 Å². The van der Waals surface area contributed by atoms with Crippen LogP contribution in [0.1, 0.15) is 56.3 Å². The fraction of sp³-hybridized carbons (Fsp3) is 0.304. The second-order valence-electron chi connectivity index (χ2n) is 7.87. The number of nitrogens with zero attached hydrogens (tertiary/aromatic N) is 1. The summed E-state index contributed by atoms with van der Waals surface area (Å²) >= 11 is 0. The number of nitro benzene ring substituents is 1. The van der Waals surface area contributed by atoms with Crippen molar-refractivity contribution >= 4 is 33.2 Å². The van der Waals surface area contributed by atoms with Crippen molar-refractivity contribution in [3.8, 4) is 0 Å². The molecule has 150 valence electrons. The molecule has 6 nitrogen and oxygen atoms in total. The molecule has 0 saturated heterocycles. The lowest BCUT2D eigenvalue weighted by Gasteiger charge is -1.91. The number of anilines is 1. The van der Waals surface area contributed by atoms with Gasteiger partial charge in [0.1, 0.15) is 0 Å². The van der Waals surface area contributed by atoms with E-state index in [2.05, 4.69) is 22.1 Å². The first-order valence-electron chi connectivity index (χ1n) is 9.72. The highest BCUT2D eigenvalue weighted by Crippen LogP contribution is 2.41. The third-order valence-electron chi connectivity index (χ3n) is 5.54. The van der Waals surface area contributed by atoms with Crippen LogP contribution in [-0.2, 0) is 0 Å². The smallest absolute Gasteiger partial charge is 0.270 e. The van der Waals surface area contributed by atoms with Crippen molar-refractivity contribution in [1.29, 1.82) is 0 Å². The molecule has 2 aliphatic carbocycles. The van der Waals surface area contributed by atoms with Gasteiger partial charge in [-0.15, -0.1) is 0 Å². The number of hydrogen-bond donors (Lipinski definition) is 3. The number of fused-ring (bicyclic) bond motifs is 2. The minimum atomic E-state index is -0.358. The first kappa shape index (κ1) is 19.1. The Labute approximate surface area is 169 Å². The highest BCUT2D eigenvalue weighted by atomic mass is 16.6. The highest BCUT2D eigenvalue weighted by Gasteiger charge is 2.25. The number of benzene rings is 2. The van der Waals surface area contributed by atoms with Crippen LogP contribution < -0.4 is 5.73 Å². The Morgan fingerprint density at radius 2 is 1.34 bits per heavy atom. The Morgan fingerprint density at radius 3 is 1.86 bits per heavy atom. The van der Waals surface area contributed by atoms with Gasteiger partial charge >= 0.3 is 0 Å². The van der Waals surface area contributed by atoms with Gasteiger partial charge in [-0.25, -0.2) is 0 Å². The molecule has 0 bridgehead atoms. The van der Waals surface area contributed by atoms with E-state index in [0.29, 0.717) is 5.92 Å². The molecule has 0 spiro atoms. The van der Waals surface area contributed by atoms with Gasteiger partial charge in [-0.2, -0.15) is 0 Å². The predicted molar refractivity (Wildman–Crippen MR) is 118 cm³/mol. The van der Waals surface area contributed by atoms with Gasteiger partial charge in [-0.3, -0.25) is 10.1 Å². The molecule has 0 aliphatic heterocycles. The second-order valence-corrected chi connectivity index (χ2v) is 7.87. The molecular weight excluding hydrogens is 364 g/mol. The minimum absolute atomic E-state index is 0. The number of hydrogen-bond acceptors (Lipinski definition) is 3. The van der Waals surface area contributed by atoms with E-state index >= 15 is 0 Å². The number of nitrogens with one attached hydrogen (secondary N) is 2. The lowest BCUT2D eigenvalue weighted by Crippen LogP contribution is -1.86. The third-order valence-corrected chi connectivity index (χ3v) is 5.54. The fourth-order valence-corrected chi connectivity index (χ4v) is 3.66. The summed E-state index contributed by atoms with van der Waals surface area (Å²) in [6.07, 6.45) is 5.13. The molecule has 4 N–H and O–H groups in total. The maximum absolute atomic E-state index is 10.6. The van der Waals surface area contributed by atoms with Gasteiger partial charge < -0.3 is 15.7 Å². The molecule has 2 aromatic carbocycles. The lowest BCUT2D eigenvalue weighted by atomic mass is 10.2. The topological polar surface area (TPSA) is 101 Å². The molecule has 29 heavy (non-hydrogen) atoms. The van der Waals surface area contributed by atoms with E-state index in [1.165, 1.54) is 54.0 Å². The summed E-state index contributed by atoms with van der Waals surface area (Å²) in [7, 11) is 0. The summed E-state index contributed by atoms with van der Waals surface area (Å²) in [5, 5.41) is 12.8. The van der Waals surface area contributed by atoms with Crippen molar-refractivity contribution in [2.75, 3.05) is 5.73 Å². The Bertz CT molecular complexity index is 1180. The van der Waals surface area contributed by atoms with Crippen LogP contribution in [0, 0.1) is 10.1 Å². The summed E-state index contributed by atoms with van der Waals surface area (Å²) < 4.78 is 0. The summed E-state index contributed by atoms with van der Waals surface area (Å²) in [6.45, 7) is 0. The molecule has 0 unspecified atom stereocenters. The number of nitrogen functional groups attached to an aromatic ring is 1. The van der Waals surface area contributed by atoms with Crippen molar-refractivity contribution in [1.82, 2.24) is 9.97 Å². The molecular formula is C23H26N4O2. The molecule has 0 atom stereocenters. The molecule has 0 radical (unpaired) electrons. The second kappa shape index (κ2) is 7.28. The Hall–Kier alpha value is -3.28. The number of H-pyrrole nitrogens is 2. The van der Waals surface area contributed by atoms with Crippen LogP contribution in [0.5, 0.6) is 0 Å². The molecule has 2 aromatic heterocycles. The fourth-order valence-electron chi connectivity index (χ4n) is 3.66. The van der Waals surface area contributed by atoms with E-state index < -0.39 is 0 Å². The molecule has 6 rings (SSSR count). The monoisotopic (exact) mass is 390 g/mol. The Kier molecular flexibility index (Phi) is 4.78. The zero-order valence-electron chi connectivity index (χ0n) is 15.4. The summed E-state index contributed by atoms with van der Waals surface area (Å²) in [4.78, 5) is 17.0. The van der Waals surface area contributed by atoms with Crippen LogP contribution in [0.2, 0.25) is 0 Å². The van der Waals surface area contributed by atoms with Gasteiger partial charge in [0, 0.05) is 51.0 Å². The molecule has 2 fully saturated rings. The largest absolute Gasteiger partial charge is 0.399 e. The van der Waals surface area contributed by atoms with Crippen molar-refractivity contribution in [3.05, 3.63) is 70.0 Å². The van der Waals surface area contributed by atoms with E-state index in [-0.39, 0.29) is 18.0 Å².